The van der Waals surface area contributed by atoms with Crippen LogP contribution >= 0.6 is 24.0 Å². The number of hydrogen-bond donors (Lipinski definition) is 2. The summed E-state index contributed by atoms with van der Waals surface area (Å²) in [4.78, 5) is 6.68. The van der Waals surface area contributed by atoms with Gasteiger partial charge in [-0.25, -0.2) is 0 Å². The summed E-state index contributed by atoms with van der Waals surface area (Å²) in [7, 11) is 1.78. The molecule has 0 aromatic carbocycles. The van der Waals surface area contributed by atoms with E-state index in [0.717, 1.165) is 37.7 Å². The van der Waals surface area contributed by atoms with E-state index in [2.05, 4.69) is 46.5 Å². The van der Waals surface area contributed by atoms with Gasteiger partial charge in [0.1, 0.15) is 12.0 Å². The molecule has 0 saturated carbocycles. The van der Waals surface area contributed by atoms with Crippen molar-refractivity contribution in [3.8, 4) is 0 Å². The van der Waals surface area contributed by atoms with Crippen LogP contribution in [0.25, 0.3) is 0 Å². The number of aromatic nitrogens is 1. The minimum atomic E-state index is 0. The summed E-state index contributed by atoms with van der Waals surface area (Å²) in [5, 5.41) is 10.5. The molecule has 22 heavy (non-hydrogen) atoms. The molecule has 0 aliphatic carbocycles. The zero-order valence-electron chi connectivity index (χ0n) is 14.1. The lowest BCUT2D eigenvalue weighted by Gasteiger charge is -2.21. The minimum absolute atomic E-state index is 0. The first-order valence-electron chi connectivity index (χ1n) is 7.78. The van der Waals surface area contributed by atoms with Crippen LogP contribution in [0.1, 0.15) is 39.3 Å². The van der Waals surface area contributed by atoms with Crippen molar-refractivity contribution in [2.75, 3.05) is 26.7 Å². The highest BCUT2D eigenvalue weighted by atomic mass is 127. The van der Waals surface area contributed by atoms with Crippen molar-refractivity contribution in [2.45, 2.75) is 46.2 Å². The molecule has 7 heteroatoms. The predicted octanol–water partition coefficient (Wildman–Crippen LogP) is 2.47. The van der Waals surface area contributed by atoms with Crippen molar-refractivity contribution in [2.24, 2.45) is 4.99 Å². The maximum atomic E-state index is 4.80. The van der Waals surface area contributed by atoms with E-state index in [9.17, 15) is 0 Å². The first-order chi connectivity index (χ1) is 10.2. The maximum Gasteiger partial charge on any atom is 0.191 e. The standard InChI is InChI=1S/C15H29N5O.HI/c1-5-20(6-2)10-7-8-13(3)18-15(16-4)17-12-14-9-11-21-19-14;/h9,11,13H,5-8,10,12H2,1-4H3,(H2,16,17,18);1H. The number of aliphatic imine (C=N–C) groups is 1. The number of nitrogens with one attached hydrogen (secondary N) is 2. The molecule has 1 atom stereocenters. The summed E-state index contributed by atoms with van der Waals surface area (Å²) in [6.07, 6.45) is 3.89. The smallest absolute Gasteiger partial charge is 0.191 e. The Balaban J connectivity index is 0.00000441. The molecular formula is C15H30IN5O. The Morgan fingerprint density at radius 2 is 2.14 bits per heavy atom. The average Bonchev–Trinajstić information content (AvgIpc) is 3.01. The number of nitrogens with zero attached hydrogens (tertiary/aromatic N) is 3. The molecule has 0 aliphatic heterocycles. The molecule has 1 rings (SSSR count). The van der Waals surface area contributed by atoms with Gasteiger partial charge in [0, 0.05) is 19.2 Å². The normalized spacial score (nSPS) is 12.9. The third-order valence-corrected chi connectivity index (χ3v) is 3.54. The van der Waals surface area contributed by atoms with Crippen molar-refractivity contribution in [3.63, 3.8) is 0 Å². The lowest BCUT2D eigenvalue weighted by Crippen LogP contribution is -2.42. The van der Waals surface area contributed by atoms with Gasteiger partial charge in [0.15, 0.2) is 5.96 Å². The Hall–Kier alpha value is -0.830. The molecule has 128 valence electrons. The third kappa shape index (κ3) is 8.57. The van der Waals surface area contributed by atoms with Gasteiger partial charge >= 0.3 is 0 Å². The van der Waals surface area contributed by atoms with Crippen LogP contribution in [0.3, 0.4) is 0 Å². The average molecular weight is 423 g/mol. The molecule has 0 radical (unpaired) electrons. The van der Waals surface area contributed by atoms with Crippen molar-refractivity contribution in [3.05, 3.63) is 18.0 Å². The van der Waals surface area contributed by atoms with E-state index in [-0.39, 0.29) is 24.0 Å². The third-order valence-electron chi connectivity index (χ3n) is 3.54. The van der Waals surface area contributed by atoms with Gasteiger partial charge in [-0.05, 0) is 39.4 Å². The van der Waals surface area contributed by atoms with Gasteiger partial charge in [-0.15, -0.1) is 24.0 Å². The van der Waals surface area contributed by atoms with E-state index in [1.54, 1.807) is 13.3 Å². The second-order valence-corrected chi connectivity index (χ2v) is 5.13. The molecule has 2 N–H and O–H groups in total. The lowest BCUT2D eigenvalue weighted by atomic mass is 10.2. The molecule has 6 nitrogen and oxygen atoms in total. The van der Waals surface area contributed by atoms with Gasteiger partial charge in [0.2, 0.25) is 0 Å². The van der Waals surface area contributed by atoms with E-state index >= 15 is 0 Å². The van der Waals surface area contributed by atoms with Crippen LogP contribution in [0.15, 0.2) is 21.8 Å². The Bertz CT molecular complexity index is 393. The van der Waals surface area contributed by atoms with Crippen LogP contribution in [-0.2, 0) is 6.54 Å². The minimum Gasteiger partial charge on any atom is -0.364 e. The number of guanidine groups is 1. The monoisotopic (exact) mass is 423 g/mol. The number of rotatable bonds is 9. The fourth-order valence-electron chi connectivity index (χ4n) is 2.16. The second kappa shape index (κ2) is 12.7. The second-order valence-electron chi connectivity index (χ2n) is 5.13. The first-order valence-corrected chi connectivity index (χ1v) is 7.78. The van der Waals surface area contributed by atoms with Crippen molar-refractivity contribution in [1.29, 1.82) is 0 Å². The van der Waals surface area contributed by atoms with Gasteiger partial charge in [-0.2, -0.15) is 0 Å². The number of hydrogen-bond acceptors (Lipinski definition) is 4. The largest absolute Gasteiger partial charge is 0.364 e. The Morgan fingerprint density at radius 1 is 1.41 bits per heavy atom. The summed E-state index contributed by atoms with van der Waals surface area (Å²) in [5.41, 5.74) is 0.868. The summed E-state index contributed by atoms with van der Waals surface area (Å²) >= 11 is 0. The fraction of sp³-hybridized carbons (Fsp3) is 0.733. The summed E-state index contributed by atoms with van der Waals surface area (Å²) in [6, 6.07) is 2.23. The molecule has 1 unspecified atom stereocenters. The van der Waals surface area contributed by atoms with E-state index in [1.807, 2.05) is 6.07 Å². The van der Waals surface area contributed by atoms with Gasteiger partial charge in [-0.1, -0.05) is 19.0 Å². The van der Waals surface area contributed by atoms with Crippen LogP contribution in [0.5, 0.6) is 0 Å². The quantitative estimate of drug-likeness (QED) is 0.363. The van der Waals surface area contributed by atoms with E-state index in [4.69, 9.17) is 4.52 Å². The van der Waals surface area contributed by atoms with E-state index < -0.39 is 0 Å². The summed E-state index contributed by atoms with van der Waals surface area (Å²) < 4.78 is 4.80. The van der Waals surface area contributed by atoms with Crippen molar-refractivity contribution >= 4 is 29.9 Å². The van der Waals surface area contributed by atoms with Crippen LogP contribution in [0, 0.1) is 0 Å². The molecule has 0 aliphatic rings. The molecule has 0 amide bonds. The molecule has 0 bridgehead atoms. The zero-order chi connectivity index (χ0) is 15.5. The maximum absolute atomic E-state index is 4.80. The summed E-state index contributed by atoms with van der Waals surface area (Å²) in [6.45, 7) is 10.6. The van der Waals surface area contributed by atoms with Crippen LogP contribution in [0.4, 0.5) is 0 Å². The highest BCUT2D eigenvalue weighted by molar-refractivity contribution is 14.0. The molecule has 0 spiro atoms. The molecule has 0 fully saturated rings. The van der Waals surface area contributed by atoms with E-state index in [0.29, 0.717) is 12.6 Å². The number of halogens is 1. The molecule has 1 heterocycles. The van der Waals surface area contributed by atoms with Crippen LogP contribution < -0.4 is 10.6 Å². The molecule has 1 aromatic rings. The molecular weight excluding hydrogens is 393 g/mol. The SMILES string of the molecule is CCN(CC)CCCC(C)NC(=NC)NCc1ccon1.I. The highest BCUT2D eigenvalue weighted by Gasteiger charge is 2.07. The van der Waals surface area contributed by atoms with Crippen molar-refractivity contribution < 1.29 is 4.52 Å². The Morgan fingerprint density at radius 3 is 2.68 bits per heavy atom. The van der Waals surface area contributed by atoms with E-state index in [1.165, 1.54) is 6.42 Å². The lowest BCUT2D eigenvalue weighted by molar-refractivity contribution is 0.292. The predicted molar refractivity (Wildman–Crippen MR) is 102 cm³/mol. The van der Waals surface area contributed by atoms with Gasteiger partial charge < -0.3 is 20.1 Å². The van der Waals surface area contributed by atoms with Crippen LogP contribution in [-0.4, -0.2) is 48.7 Å². The molecule has 1 aromatic heterocycles. The van der Waals surface area contributed by atoms with Gasteiger partial charge in [-0.3, -0.25) is 4.99 Å². The first kappa shape index (κ1) is 21.2. The van der Waals surface area contributed by atoms with Crippen molar-refractivity contribution in [1.82, 2.24) is 20.7 Å². The Kier molecular flexibility index (Phi) is 12.2. The fourth-order valence-corrected chi connectivity index (χ4v) is 2.16. The van der Waals surface area contributed by atoms with Gasteiger partial charge in [0.25, 0.3) is 0 Å². The van der Waals surface area contributed by atoms with Gasteiger partial charge in [0.05, 0.1) is 6.54 Å². The zero-order valence-corrected chi connectivity index (χ0v) is 16.5. The summed E-state index contributed by atoms with van der Waals surface area (Å²) in [5.74, 6) is 0.799. The topological polar surface area (TPSA) is 65.7 Å². The Labute approximate surface area is 151 Å². The highest BCUT2D eigenvalue weighted by Crippen LogP contribution is 2.00. The van der Waals surface area contributed by atoms with Crippen LogP contribution in [0.2, 0.25) is 0 Å². The molecule has 0 saturated heterocycles.